The predicted octanol–water partition coefficient (Wildman–Crippen LogP) is 2.72. The Morgan fingerprint density at radius 3 is 2.76 bits per heavy atom. The Kier molecular flexibility index (Phi) is 3.93. The average Bonchev–Trinajstić information content (AvgIpc) is 2.78. The van der Waals surface area contributed by atoms with Crippen LogP contribution in [0.15, 0.2) is 47.1 Å². The van der Waals surface area contributed by atoms with Gasteiger partial charge in [0.05, 0.1) is 5.69 Å². The molecule has 4 nitrogen and oxygen atoms in total. The summed E-state index contributed by atoms with van der Waals surface area (Å²) >= 11 is 1.63. The van der Waals surface area contributed by atoms with Gasteiger partial charge in [-0.25, -0.2) is 0 Å². The van der Waals surface area contributed by atoms with Crippen molar-refractivity contribution in [3.63, 3.8) is 0 Å². The Morgan fingerprint density at radius 2 is 2.06 bits per heavy atom. The van der Waals surface area contributed by atoms with Gasteiger partial charge in [-0.05, 0) is 36.4 Å². The lowest BCUT2D eigenvalue weighted by molar-refractivity contribution is 0.757. The molecule has 0 N–H and O–H groups in total. The summed E-state index contributed by atoms with van der Waals surface area (Å²) in [6, 6.07) is 9.90. The number of para-hydroxylation sites is 1. The van der Waals surface area contributed by atoms with Gasteiger partial charge in [-0.3, -0.25) is 0 Å². The summed E-state index contributed by atoms with van der Waals surface area (Å²) < 4.78 is 1.75. The first-order valence-electron chi connectivity index (χ1n) is 5.37. The fourth-order valence-electron chi connectivity index (χ4n) is 1.28. The van der Waals surface area contributed by atoms with Crippen molar-refractivity contribution in [2.24, 2.45) is 0 Å². The Bertz CT molecular complexity index is 500. The highest BCUT2D eigenvalue weighted by molar-refractivity contribution is 7.99. The molecule has 0 atom stereocenters. The highest BCUT2D eigenvalue weighted by atomic mass is 32.2. The maximum absolute atomic E-state index is 4.02. The van der Waals surface area contributed by atoms with E-state index in [0.717, 1.165) is 16.6 Å². The third-order valence-electron chi connectivity index (χ3n) is 2.15. The van der Waals surface area contributed by atoms with Crippen LogP contribution in [0.2, 0.25) is 0 Å². The second-order valence-corrected chi connectivity index (χ2v) is 4.79. The summed E-state index contributed by atoms with van der Waals surface area (Å²) in [6.07, 6.45) is 2.16. The minimum atomic E-state index is 0.814. The summed E-state index contributed by atoms with van der Waals surface area (Å²) in [5, 5.41) is 12.6. The van der Waals surface area contributed by atoms with E-state index in [1.54, 1.807) is 16.4 Å². The number of nitrogens with zero attached hydrogens (tertiary/aromatic N) is 4. The van der Waals surface area contributed by atoms with Gasteiger partial charge < -0.3 is 0 Å². The van der Waals surface area contributed by atoms with Crippen LogP contribution in [0.1, 0.15) is 13.8 Å². The number of allylic oxidation sites excluding steroid dienone is 1. The van der Waals surface area contributed by atoms with E-state index in [-0.39, 0.29) is 0 Å². The fourth-order valence-corrected chi connectivity index (χ4v) is 2.21. The zero-order valence-corrected chi connectivity index (χ0v) is 10.7. The van der Waals surface area contributed by atoms with Crippen molar-refractivity contribution in [2.75, 3.05) is 5.75 Å². The lowest BCUT2D eigenvalue weighted by Crippen LogP contribution is -1.98. The minimum Gasteiger partial charge on any atom is -0.188 e. The third-order valence-corrected chi connectivity index (χ3v) is 2.99. The molecule has 0 unspecified atom stereocenters. The van der Waals surface area contributed by atoms with Gasteiger partial charge in [0.25, 0.3) is 0 Å². The SMILES string of the molecule is CC(C)=CCSc1nnnn1-c1ccccc1. The Hall–Kier alpha value is -1.62. The lowest BCUT2D eigenvalue weighted by Gasteiger charge is -2.02. The number of tetrazole rings is 1. The van der Waals surface area contributed by atoms with Crippen molar-refractivity contribution < 1.29 is 0 Å². The first-order chi connectivity index (χ1) is 8.27. The zero-order valence-electron chi connectivity index (χ0n) is 9.87. The van der Waals surface area contributed by atoms with E-state index in [4.69, 9.17) is 0 Å². The van der Waals surface area contributed by atoms with Crippen LogP contribution in [0.5, 0.6) is 0 Å². The third kappa shape index (κ3) is 3.17. The molecule has 5 heteroatoms. The molecule has 2 rings (SSSR count). The Balaban J connectivity index is 2.15. The number of hydrogen-bond donors (Lipinski definition) is 0. The van der Waals surface area contributed by atoms with Crippen molar-refractivity contribution in [1.29, 1.82) is 0 Å². The molecular weight excluding hydrogens is 232 g/mol. The molecule has 0 radical (unpaired) electrons. The summed E-state index contributed by atoms with van der Waals surface area (Å²) in [5.74, 6) is 0.884. The average molecular weight is 246 g/mol. The molecule has 0 aliphatic heterocycles. The zero-order chi connectivity index (χ0) is 12.1. The van der Waals surface area contributed by atoms with Gasteiger partial charge in [0.1, 0.15) is 0 Å². The van der Waals surface area contributed by atoms with Gasteiger partial charge in [0, 0.05) is 5.75 Å². The summed E-state index contributed by atoms with van der Waals surface area (Å²) in [5.41, 5.74) is 2.29. The quantitative estimate of drug-likeness (QED) is 0.614. The second kappa shape index (κ2) is 5.63. The molecule has 88 valence electrons. The topological polar surface area (TPSA) is 43.6 Å². The molecule has 0 fully saturated rings. The van der Waals surface area contributed by atoms with Crippen LogP contribution in [0.3, 0.4) is 0 Å². The number of rotatable bonds is 4. The van der Waals surface area contributed by atoms with Gasteiger partial charge in [-0.1, -0.05) is 41.6 Å². The first kappa shape index (κ1) is 11.9. The van der Waals surface area contributed by atoms with Crippen molar-refractivity contribution >= 4 is 11.8 Å². The highest BCUT2D eigenvalue weighted by Gasteiger charge is 2.07. The van der Waals surface area contributed by atoms with E-state index in [1.165, 1.54) is 5.57 Å². The van der Waals surface area contributed by atoms with Crippen molar-refractivity contribution in [1.82, 2.24) is 20.2 Å². The van der Waals surface area contributed by atoms with E-state index < -0.39 is 0 Å². The monoisotopic (exact) mass is 246 g/mol. The largest absolute Gasteiger partial charge is 0.214 e. The van der Waals surface area contributed by atoms with Gasteiger partial charge in [-0.15, -0.1) is 5.10 Å². The standard InChI is InChI=1S/C12H14N4S/c1-10(2)8-9-17-12-13-14-15-16(12)11-6-4-3-5-7-11/h3-8H,9H2,1-2H3. The molecule has 0 bridgehead atoms. The van der Waals surface area contributed by atoms with E-state index in [1.807, 2.05) is 30.3 Å². The molecule has 0 saturated heterocycles. The smallest absolute Gasteiger partial charge is 0.188 e. The van der Waals surface area contributed by atoms with Crippen LogP contribution < -0.4 is 0 Å². The van der Waals surface area contributed by atoms with Crippen LogP contribution in [0.4, 0.5) is 0 Å². The number of aromatic nitrogens is 4. The van der Waals surface area contributed by atoms with Gasteiger partial charge in [0.15, 0.2) is 0 Å². The van der Waals surface area contributed by atoms with E-state index in [9.17, 15) is 0 Å². The lowest BCUT2D eigenvalue weighted by atomic mass is 10.3. The molecule has 0 aliphatic carbocycles. The molecule has 0 spiro atoms. The molecule has 2 aromatic rings. The van der Waals surface area contributed by atoms with Crippen LogP contribution in [0.25, 0.3) is 5.69 Å². The van der Waals surface area contributed by atoms with E-state index >= 15 is 0 Å². The molecule has 1 aromatic heterocycles. The van der Waals surface area contributed by atoms with Crippen LogP contribution in [-0.2, 0) is 0 Å². The molecule has 0 saturated carbocycles. The second-order valence-electron chi connectivity index (χ2n) is 3.80. The maximum atomic E-state index is 4.02. The molecule has 0 aliphatic rings. The summed E-state index contributed by atoms with van der Waals surface area (Å²) in [6.45, 7) is 4.17. The normalized spacial score (nSPS) is 10.2. The maximum Gasteiger partial charge on any atom is 0.214 e. The molecule has 1 aromatic carbocycles. The Labute approximate surface area is 105 Å². The number of thioether (sulfide) groups is 1. The predicted molar refractivity (Wildman–Crippen MR) is 69.3 cm³/mol. The van der Waals surface area contributed by atoms with Crippen LogP contribution in [-0.4, -0.2) is 26.0 Å². The van der Waals surface area contributed by atoms with Gasteiger partial charge in [-0.2, -0.15) is 4.68 Å². The molecular formula is C12H14N4S. The first-order valence-corrected chi connectivity index (χ1v) is 6.36. The summed E-state index contributed by atoms with van der Waals surface area (Å²) in [7, 11) is 0. The number of hydrogen-bond acceptors (Lipinski definition) is 4. The van der Waals surface area contributed by atoms with Crippen LogP contribution in [0, 0.1) is 0 Å². The molecule has 0 amide bonds. The van der Waals surface area contributed by atoms with Gasteiger partial charge >= 0.3 is 0 Å². The van der Waals surface area contributed by atoms with Gasteiger partial charge in [0.2, 0.25) is 5.16 Å². The van der Waals surface area contributed by atoms with Crippen molar-refractivity contribution in [3.05, 3.63) is 42.0 Å². The van der Waals surface area contributed by atoms with Crippen molar-refractivity contribution in [3.8, 4) is 5.69 Å². The molecule has 17 heavy (non-hydrogen) atoms. The minimum absolute atomic E-state index is 0.814. The van der Waals surface area contributed by atoms with E-state index in [2.05, 4.69) is 35.4 Å². The fraction of sp³-hybridized carbons (Fsp3) is 0.250. The van der Waals surface area contributed by atoms with Crippen LogP contribution >= 0.6 is 11.8 Å². The Morgan fingerprint density at radius 1 is 1.29 bits per heavy atom. The van der Waals surface area contributed by atoms with Crippen molar-refractivity contribution in [2.45, 2.75) is 19.0 Å². The summed E-state index contributed by atoms with van der Waals surface area (Å²) in [4.78, 5) is 0. The molecule has 1 heterocycles. The van der Waals surface area contributed by atoms with E-state index in [0.29, 0.717) is 0 Å². The number of benzene rings is 1. The highest BCUT2D eigenvalue weighted by Crippen LogP contribution is 2.18.